The molecule has 2 rings (SSSR count). The Labute approximate surface area is 82.6 Å². The number of hydrogen-bond acceptors (Lipinski definition) is 3. The van der Waals surface area contributed by atoms with E-state index >= 15 is 0 Å². The molecule has 1 aliphatic heterocycles. The van der Waals surface area contributed by atoms with E-state index in [2.05, 4.69) is 25.5 Å². The number of carboxylic acid groups (broad SMARTS) is 1. The van der Waals surface area contributed by atoms with Crippen molar-refractivity contribution in [3.63, 3.8) is 0 Å². The first kappa shape index (κ1) is 8.89. The summed E-state index contributed by atoms with van der Waals surface area (Å²) in [6, 6.07) is 7.17. The van der Waals surface area contributed by atoms with E-state index in [1.165, 1.54) is 0 Å². The summed E-state index contributed by atoms with van der Waals surface area (Å²) in [5.74, 6) is 0. The van der Waals surface area contributed by atoms with E-state index in [1.807, 2.05) is 12.1 Å². The van der Waals surface area contributed by atoms with Crippen molar-refractivity contribution in [3.05, 3.63) is 35.0 Å². The fourth-order valence-corrected chi connectivity index (χ4v) is 1.58. The minimum Gasteiger partial charge on any atom is -0.465 e. The number of carbonyl (C=O) groups is 1. The third-order valence-corrected chi connectivity index (χ3v) is 2.08. The van der Waals surface area contributed by atoms with Crippen LogP contribution in [-0.4, -0.2) is 26.9 Å². The zero-order valence-corrected chi connectivity index (χ0v) is 8.06. The van der Waals surface area contributed by atoms with E-state index in [4.69, 9.17) is 5.11 Å². The molecule has 1 amide bonds. The van der Waals surface area contributed by atoms with Crippen LogP contribution in [0.1, 0.15) is 0 Å². The Balaban J connectivity index is 2.48. The molecule has 0 saturated heterocycles. The van der Waals surface area contributed by atoms with Gasteiger partial charge in [0, 0.05) is 0 Å². The highest BCUT2D eigenvalue weighted by Gasteiger charge is 2.26. The number of fused-ring (bicyclic) bond motifs is 1. The summed E-state index contributed by atoms with van der Waals surface area (Å²) in [6.07, 6.45) is -1.18. The molecule has 0 bridgehead atoms. The van der Waals surface area contributed by atoms with Gasteiger partial charge in [0.15, 0.2) is 0 Å². The summed E-state index contributed by atoms with van der Waals surface area (Å²) >= 11 is 0. The number of hydrogen-bond donors (Lipinski definition) is 2. The Kier molecular flexibility index (Phi) is 1.85. The third kappa shape index (κ3) is 1.51. The standard InChI is InChI=1S/C8H6N3O2Si/c12-7(13)11-8(14)9-5-3-1-2-4-6(5)10-8/h1-4,11H,(H,12,13). The summed E-state index contributed by atoms with van der Waals surface area (Å²) in [7, 11) is 3.16. The molecular weight excluding hydrogens is 198 g/mol. The van der Waals surface area contributed by atoms with Gasteiger partial charge in [-0.2, -0.15) is 0 Å². The number of amides is 1. The number of nitrogens with one attached hydrogen (secondary N) is 1. The molecule has 69 valence electrons. The normalized spacial score (nSPS) is 16.4. The summed E-state index contributed by atoms with van der Waals surface area (Å²) in [4.78, 5) is 18.6. The Morgan fingerprint density at radius 1 is 1.36 bits per heavy atom. The zero-order chi connectivity index (χ0) is 10.2. The fraction of sp³-hybridized carbons (Fsp3) is 0.125. The van der Waals surface area contributed by atoms with E-state index in [9.17, 15) is 4.79 Å². The lowest BCUT2D eigenvalue weighted by Gasteiger charge is -2.16. The van der Waals surface area contributed by atoms with Crippen molar-refractivity contribution in [2.75, 3.05) is 0 Å². The van der Waals surface area contributed by atoms with Gasteiger partial charge in [0.1, 0.15) is 10.2 Å². The second-order valence-electron chi connectivity index (χ2n) is 2.81. The smallest absolute Gasteiger partial charge is 0.407 e. The molecule has 6 heteroatoms. The van der Waals surface area contributed by atoms with Gasteiger partial charge in [-0.3, -0.25) is 5.32 Å². The van der Waals surface area contributed by atoms with Gasteiger partial charge in [-0.15, -0.1) is 0 Å². The summed E-state index contributed by atoms with van der Waals surface area (Å²) < 4.78 is 0. The molecule has 14 heavy (non-hydrogen) atoms. The lowest BCUT2D eigenvalue weighted by Crippen LogP contribution is -2.44. The second kappa shape index (κ2) is 2.91. The predicted molar refractivity (Wildman–Crippen MR) is 48.4 cm³/mol. The van der Waals surface area contributed by atoms with Crippen molar-refractivity contribution >= 4 is 16.3 Å². The van der Waals surface area contributed by atoms with Crippen LogP contribution in [0.25, 0.3) is 0 Å². The highest BCUT2D eigenvalue weighted by molar-refractivity contribution is 6.16. The molecule has 1 aliphatic rings. The molecule has 1 aromatic carbocycles. The van der Waals surface area contributed by atoms with E-state index in [0.29, 0.717) is 10.7 Å². The SMILES string of the molecule is O=C(O)NC1([Si])N=c2ccccc2=N1. The van der Waals surface area contributed by atoms with Gasteiger partial charge in [0.25, 0.3) is 0 Å². The van der Waals surface area contributed by atoms with E-state index < -0.39 is 11.5 Å². The van der Waals surface area contributed by atoms with E-state index in [-0.39, 0.29) is 0 Å². The van der Waals surface area contributed by atoms with Crippen LogP contribution >= 0.6 is 0 Å². The van der Waals surface area contributed by atoms with Gasteiger partial charge in [0.2, 0.25) is 5.41 Å². The molecule has 0 saturated carbocycles. The van der Waals surface area contributed by atoms with E-state index in [0.717, 1.165) is 0 Å². The Bertz CT molecular complexity index is 465. The highest BCUT2D eigenvalue weighted by Crippen LogP contribution is 2.03. The maximum Gasteiger partial charge on any atom is 0.407 e. The first-order chi connectivity index (χ1) is 6.59. The molecule has 1 heterocycles. The van der Waals surface area contributed by atoms with Gasteiger partial charge >= 0.3 is 6.09 Å². The van der Waals surface area contributed by atoms with Crippen molar-refractivity contribution < 1.29 is 9.90 Å². The lowest BCUT2D eigenvalue weighted by atomic mass is 10.3. The molecule has 0 aromatic heterocycles. The van der Waals surface area contributed by atoms with Crippen LogP contribution in [0.3, 0.4) is 0 Å². The molecule has 1 aromatic rings. The Morgan fingerprint density at radius 2 is 1.86 bits per heavy atom. The maximum atomic E-state index is 10.4. The molecule has 0 aliphatic carbocycles. The minimum absolute atomic E-state index is 0.663. The number of para-hydroxylation sites is 2. The van der Waals surface area contributed by atoms with Gasteiger partial charge in [-0.05, 0) is 12.1 Å². The first-order valence-electron chi connectivity index (χ1n) is 3.90. The largest absolute Gasteiger partial charge is 0.465 e. The van der Waals surface area contributed by atoms with Crippen molar-refractivity contribution in [1.82, 2.24) is 5.32 Å². The van der Waals surface area contributed by atoms with Gasteiger partial charge in [0.05, 0.1) is 10.7 Å². The van der Waals surface area contributed by atoms with Gasteiger partial charge < -0.3 is 5.11 Å². The molecule has 5 nitrogen and oxygen atoms in total. The molecule has 0 spiro atoms. The van der Waals surface area contributed by atoms with Crippen molar-refractivity contribution in [2.45, 2.75) is 5.41 Å². The van der Waals surface area contributed by atoms with Crippen LogP contribution in [0.4, 0.5) is 4.79 Å². The van der Waals surface area contributed by atoms with Crippen molar-refractivity contribution in [2.24, 2.45) is 9.98 Å². The average molecular weight is 204 g/mol. The quantitative estimate of drug-likeness (QED) is 0.575. The molecular formula is C8H6N3O2Si. The number of nitrogens with zero attached hydrogens (tertiary/aromatic N) is 2. The molecule has 0 fully saturated rings. The highest BCUT2D eigenvalue weighted by atomic mass is 28.1. The van der Waals surface area contributed by atoms with Gasteiger partial charge in [-0.1, -0.05) is 12.1 Å². The Morgan fingerprint density at radius 3 is 2.29 bits per heavy atom. The van der Waals surface area contributed by atoms with Crippen LogP contribution in [0, 0.1) is 0 Å². The van der Waals surface area contributed by atoms with Crippen LogP contribution in [0.15, 0.2) is 34.3 Å². The maximum absolute atomic E-state index is 10.4. The minimum atomic E-state index is -1.27. The summed E-state index contributed by atoms with van der Waals surface area (Å²) in [5, 5.41) is 12.0. The van der Waals surface area contributed by atoms with Crippen LogP contribution < -0.4 is 16.0 Å². The van der Waals surface area contributed by atoms with Crippen molar-refractivity contribution in [3.8, 4) is 0 Å². The fourth-order valence-electron chi connectivity index (χ4n) is 1.23. The molecule has 3 radical (unpaired) electrons. The Hall–Kier alpha value is -1.69. The molecule has 2 N–H and O–H groups in total. The van der Waals surface area contributed by atoms with E-state index in [1.54, 1.807) is 12.1 Å². The number of benzene rings is 1. The van der Waals surface area contributed by atoms with Crippen LogP contribution in [-0.2, 0) is 0 Å². The second-order valence-corrected chi connectivity index (χ2v) is 3.51. The van der Waals surface area contributed by atoms with Crippen LogP contribution in [0.2, 0.25) is 0 Å². The monoisotopic (exact) mass is 204 g/mol. The molecule has 0 unspecified atom stereocenters. The average Bonchev–Trinajstić information content (AvgIpc) is 2.38. The number of rotatable bonds is 1. The summed E-state index contributed by atoms with van der Waals surface area (Å²) in [6.45, 7) is 0. The summed E-state index contributed by atoms with van der Waals surface area (Å²) in [5.41, 5.74) is -1.27. The van der Waals surface area contributed by atoms with Gasteiger partial charge in [-0.25, -0.2) is 14.8 Å². The van der Waals surface area contributed by atoms with Crippen molar-refractivity contribution in [1.29, 1.82) is 0 Å². The lowest BCUT2D eigenvalue weighted by molar-refractivity contribution is 0.188. The predicted octanol–water partition coefficient (Wildman–Crippen LogP) is -1.01. The molecule has 0 atom stereocenters. The van der Waals surface area contributed by atoms with Crippen LogP contribution in [0.5, 0.6) is 0 Å². The topological polar surface area (TPSA) is 74.0 Å². The first-order valence-corrected chi connectivity index (χ1v) is 4.40. The third-order valence-electron chi connectivity index (χ3n) is 1.73. The zero-order valence-electron chi connectivity index (χ0n) is 7.06.